The minimum atomic E-state index is -3.90. The Morgan fingerprint density at radius 1 is 1.26 bits per heavy atom. The third kappa shape index (κ3) is 2.64. The lowest BCUT2D eigenvalue weighted by atomic mass is 10.1. The van der Waals surface area contributed by atoms with E-state index in [0.29, 0.717) is 15.7 Å². The Labute approximate surface area is 143 Å². The molecule has 1 aliphatic heterocycles. The number of nitrogens with two attached hydrogens (primary N) is 1. The van der Waals surface area contributed by atoms with E-state index in [9.17, 15) is 13.2 Å². The number of nitrogens with zero attached hydrogens (tertiary/aromatic N) is 1. The molecule has 5 nitrogen and oxygen atoms in total. The first-order valence-corrected chi connectivity index (χ1v) is 9.23. The summed E-state index contributed by atoms with van der Waals surface area (Å²) in [5, 5.41) is 0. The first-order valence-electron chi connectivity index (χ1n) is 7.00. The highest BCUT2D eigenvalue weighted by Gasteiger charge is 2.41. The maximum Gasteiger partial charge on any atom is 0.265 e. The average molecular weight is 395 g/mol. The molecule has 0 saturated carbocycles. The van der Waals surface area contributed by atoms with Crippen LogP contribution in [0.25, 0.3) is 0 Å². The van der Waals surface area contributed by atoms with Crippen molar-refractivity contribution in [3.05, 3.63) is 58.1 Å². The number of carbonyl (C=O) groups excluding carboxylic acids is 1. The Hall–Kier alpha value is -1.86. The van der Waals surface area contributed by atoms with Gasteiger partial charge in [0.25, 0.3) is 10.0 Å². The zero-order valence-electron chi connectivity index (χ0n) is 12.4. The van der Waals surface area contributed by atoms with Gasteiger partial charge in [-0.3, -0.25) is 9.10 Å². The molecule has 7 heteroatoms. The monoisotopic (exact) mass is 394 g/mol. The predicted molar refractivity (Wildman–Crippen MR) is 91.7 cm³/mol. The molecule has 0 spiro atoms. The molecule has 0 bridgehead atoms. The largest absolute Gasteiger partial charge is 0.368 e. The SMILES string of the molecule is Cc1ccc(Br)cc1S(=O)(=O)N1c2ccccc2C[C@H]1C(N)=O. The molecule has 2 aromatic carbocycles. The third-order valence-corrected chi connectivity index (χ3v) is 6.40. The smallest absolute Gasteiger partial charge is 0.265 e. The summed E-state index contributed by atoms with van der Waals surface area (Å²) in [5.74, 6) is -0.655. The van der Waals surface area contributed by atoms with Gasteiger partial charge in [0.05, 0.1) is 10.6 Å². The molecular weight excluding hydrogens is 380 g/mol. The van der Waals surface area contributed by atoms with Gasteiger partial charge in [0, 0.05) is 10.9 Å². The Balaban J connectivity index is 2.21. The predicted octanol–water partition coefficient (Wildman–Crippen LogP) is 2.36. The van der Waals surface area contributed by atoms with Crippen molar-refractivity contribution in [3.8, 4) is 0 Å². The van der Waals surface area contributed by atoms with Crippen molar-refractivity contribution in [2.75, 3.05) is 4.31 Å². The van der Waals surface area contributed by atoms with Gasteiger partial charge >= 0.3 is 0 Å². The Kier molecular flexibility index (Phi) is 3.93. The molecule has 1 aliphatic rings. The van der Waals surface area contributed by atoms with Crippen LogP contribution in [-0.4, -0.2) is 20.4 Å². The number of benzene rings is 2. The van der Waals surface area contributed by atoms with Gasteiger partial charge < -0.3 is 5.73 Å². The summed E-state index contributed by atoms with van der Waals surface area (Å²) in [6.45, 7) is 1.72. The van der Waals surface area contributed by atoms with E-state index in [-0.39, 0.29) is 11.3 Å². The molecule has 0 fully saturated rings. The van der Waals surface area contributed by atoms with Crippen LogP contribution in [0.1, 0.15) is 11.1 Å². The summed E-state index contributed by atoms with van der Waals surface area (Å²) in [6, 6.07) is 11.2. The number of anilines is 1. The number of halogens is 1. The van der Waals surface area contributed by atoms with E-state index in [1.165, 1.54) is 0 Å². The summed E-state index contributed by atoms with van der Waals surface area (Å²) in [4.78, 5) is 12.0. The Bertz CT molecular complexity index is 896. The van der Waals surface area contributed by atoms with E-state index in [0.717, 1.165) is 9.87 Å². The number of hydrogen-bond acceptors (Lipinski definition) is 3. The van der Waals surface area contributed by atoms with Crippen molar-refractivity contribution in [1.29, 1.82) is 0 Å². The first-order chi connectivity index (χ1) is 10.8. The highest BCUT2D eigenvalue weighted by molar-refractivity contribution is 9.10. The minimum Gasteiger partial charge on any atom is -0.368 e. The number of sulfonamides is 1. The Morgan fingerprint density at radius 2 is 1.96 bits per heavy atom. The van der Waals surface area contributed by atoms with E-state index >= 15 is 0 Å². The van der Waals surface area contributed by atoms with E-state index < -0.39 is 22.0 Å². The minimum absolute atomic E-state index is 0.162. The van der Waals surface area contributed by atoms with Crippen molar-refractivity contribution >= 4 is 37.5 Å². The molecule has 0 radical (unpaired) electrons. The van der Waals surface area contributed by atoms with E-state index in [1.54, 1.807) is 37.3 Å². The molecule has 0 unspecified atom stereocenters. The van der Waals surface area contributed by atoms with Gasteiger partial charge in [0.15, 0.2) is 0 Å². The fraction of sp³-hybridized carbons (Fsp3) is 0.188. The van der Waals surface area contributed by atoms with Gasteiger partial charge in [0.2, 0.25) is 5.91 Å². The molecule has 2 N–H and O–H groups in total. The van der Waals surface area contributed by atoms with Crippen molar-refractivity contribution < 1.29 is 13.2 Å². The normalized spacial score (nSPS) is 17.1. The molecule has 120 valence electrons. The van der Waals surface area contributed by atoms with E-state index in [4.69, 9.17) is 5.73 Å². The van der Waals surface area contributed by atoms with Gasteiger partial charge in [0.1, 0.15) is 6.04 Å². The number of rotatable bonds is 3. The van der Waals surface area contributed by atoms with Crippen LogP contribution in [0, 0.1) is 6.92 Å². The van der Waals surface area contributed by atoms with Crippen LogP contribution < -0.4 is 10.0 Å². The highest BCUT2D eigenvalue weighted by atomic mass is 79.9. The molecule has 1 atom stereocenters. The number of amides is 1. The van der Waals surface area contributed by atoms with Crippen LogP contribution in [0.3, 0.4) is 0 Å². The zero-order valence-corrected chi connectivity index (χ0v) is 14.8. The van der Waals surface area contributed by atoms with Crippen LogP contribution in [0.15, 0.2) is 51.8 Å². The third-order valence-electron chi connectivity index (χ3n) is 3.94. The zero-order chi connectivity index (χ0) is 16.8. The number of primary amides is 1. The fourth-order valence-corrected chi connectivity index (χ4v) is 5.25. The number of hydrogen-bond donors (Lipinski definition) is 1. The molecule has 1 heterocycles. The van der Waals surface area contributed by atoms with Crippen molar-refractivity contribution in [2.24, 2.45) is 5.73 Å². The second-order valence-electron chi connectivity index (χ2n) is 5.46. The number of para-hydroxylation sites is 1. The van der Waals surface area contributed by atoms with Crippen LogP contribution in [-0.2, 0) is 21.2 Å². The van der Waals surface area contributed by atoms with Gasteiger partial charge in [-0.05, 0) is 36.2 Å². The first kappa shape index (κ1) is 16.0. The quantitative estimate of drug-likeness (QED) is 0.867. The lowest BCUT2D eigenvalue weighted by Gasteiger charge is -2.25. The molecule has 2 aromatic rings. The second-order valence-corrected chi connectivity index (χ2v) is 8.16. The molecular formula is C16H15BrN2O3S. The summed E-state index contributed by atoms with van der Waals surface area (Å²) in [7, 11) is -3.90. The summed E-state index contributed by atoms with van der Waals surface area (Å²) < 4.78 is 28.2. The van der Waals surface area contributed by atoms with E-state index in [1.807, 2.05) is 12.1 Å². The van der Waals surface area contributed by atoms with Gasteiger partial charge in [-0.25, -0.2) is 8.42 Å². The lowest BCUT2D eigenvalue weighted by Crippen LogP contribution is -2.46. The summed E-state index contributed by atoms with van der Waals surface area (Å²) in [5.41, 5.74) is 7.38. The fourth-order valence-electron chi connectivity index (χ4n) is 2.83. The second kappa shape index (κ2) is 5.65. The molecule has 0 aliphatic carbocycles. The van der Waals surface area contributed by atoms with Crippen LogP contribution in [0.2, 0.25) is 0 Å². The van der Waals surface area contributed by atoms with Crippen molar-refractivity contribution in [3.63, 3.8) is 0 Å². The average Bonchev–Trinajstić information content (AvgIpc) is 2.90. The maximum atomic E-state index is 13.2. The molecule has 0 aromatic heterocycles. The number of carbonyl (C=O) groups is 1. The molecule has 0 saturated heterocycles. The summed E-state index contributed by atoms with van der Waals surface area (Å²) in [6.07, 6.45) is 0.289. The van der Waals surface area contributed by atoms with Gasteiger partial charge in [-0.15, -0.1) is 0 Å². The van der Waals surface area contributed by atoms with Crippen LogP contribution in [0.5, 0.6) is 0 Å². The molecule has 23 heavy (non-hydrogen) atoms. The standard InChI is InChI=1S/C16H15BrN2O3S/c1-10-6-7-12(17)9-15(10)23(21,22)19-13-5-3-2-4-11(13)8-14(19)16(18)20/h2-7,9,14H,8H2,1H3,(H2,18,20)/t14-/m0/s1. The van der Waals surface area contributed by atoms with Crippen molar-refractivity contribution in [2.45, 2.75) is 24.3 Å². The maximum absolute atomic E-state index is 13.2. The summed E-state index contributed by atoms with van der Waals surface area (Å²) >= 11 is 3.30. The van der Waals surface area contributed by atoms with Gasteiger partial charge in [-0.2, -0.15) is 0 Å². The topological polar surface area (TPSA) is 80.5 Å². The van der Waals surface area contributed by atoms with Gasteiger partial charge in [-0.1, -0.05) is 40.2 Å². The van der Waals surface area contributed by atoms with E-state index in [2.05, 4.69) is 15.9 Å². The highest BCUT2D eigenvalue weighted by Crippen LogP contribution is 2.37. The lowest BCUT2D eigenvalue weighted by molar-refractivity contribution is -0.118. The van der Waals surface area contributed by atoms with Crippen molar-refractivity contribution in [1.82, 2.24) is 0 Å². The Morgan fingerprint density at radius 3 is 2.65 bits per heavy atom. The molecule has 1 amide bonds. The number of aryl methyl sites for hydroxylation is 1. The molecule has 3 rings (SSSR count). The number of fused-ring (bicyclic) bond motifs is 1. The van der Waals surface area contributed by atoms with Crippen LogP contribution >= 0.6 is 15.9 Å². The van der Waals surface area contributed by atoms with Crippen LogP contribution in [0.4, 0.5) is 5.69 Å².